The zero-order chi connectivity index (χ0) is 20.3. The number of hydrogen-bond acceptors (Lipinski definition) is 4. The quantitative estimate of drug-likeness (QED) is 0.570. The molecule has 4 rings (SSSR count). The number of ketones is 1. The maximum atomic E-state index is 12.1. The summed E-state index contributed by atoms with van der Waals surface area (Å²) in [6, 6.07) is 0. The Labute approximate surface area is 168 Å². The number of ether oxygens (including phenoxy) is 1. The van der Waals surface area contributed by atoms with Gasteiger partial charge in [0.2, 0.25) is 0 Å². The number of carbonyl (C=O) groups excluding carboxylic acids is 2. The van der Waals surface area contributed by atoms with Gasteiger partial charge in [-0.3, -0.25) is 9.59 Å². The van der Waals surface area contributed by atoms with Gasteiger partial charge in [-0.25, -0.2) is 0 Å². The van der Waals surface area contributed by atoms with Crippen molar-refractivity contribution in [3.63, 3.8) is 0 Å². The normalized spacial score (nSPS) is 46.5. The van der Waals surface area contributed by atoms with Gasteiger partial charge in [-0.05, 0) is 78.8 Å². The van der Waals surface area contributed by atoms with Gasteiger partial charge in [0.15, 0.2) is 5.78 Å². The lowest BCUT2D eigenvalue weighted by molar-refractivity contribution is -0.139. The van der Waals surface area contributed by atoms with Crippen molar-refractivity contribution in [1.29, 1.82) is 0 Å². The third-order valence-corrected chi connectivity index (χ3v) is 8.68. The third kappa shape index (κ3) is 2.91. The zero-order valence-corrected chi connectivity index (χ0v) is 17.7. The Kier molecular flexibility index (Phi) is 4.85. The van der Waals surface area contributed by atoms with Gasteiger partial charge in [-0.2, -0.15) is 0 Å². The zero-order valence-electron chi connectivity index (χ0n) is 17.7. The SMILES string of the molecule is CC(=O)OC/C=C1\CC[C@H]2[C@@H]3C[C@H](C)C4=CC(=O)CC[C@]4(C)[C@H]3[C@@H](O)C[C@]12C. The molecular formula is C24H34O4. The summed E-state index contributed by atoms with van der Waals surface area (Å²) in [5, 5.41) is 11.4. The van der Waals surface area contributed by atoms with Gasteiger partial charge < -0.3 is 9.84 Å². The summed E-state index contributed by atoms with van der Waals surface area (Å²) in [5.41, 5.74) is 2.58. The topological polar surface area (TPSA) is 63.6 Å². The van der Waals surface area contributed by atoms with Crippen LogP contribution < -0.4 is 0 Å². The Hall–Kier alpha value is -1.42. The van der Waals surface area contributed by atoms with Crippen LogP contribution in [0.2, 0.25) is 0 Å². The van der Waals surface area contributed by atoms with E-state index in [4.69, 9.17) is 4.74 Å². The van der Waals surface area contributed by atoms with Gasteiger partial charge in [-0.15, -0.1) is 0 Å². The Balaban J connectivity index is 1.66. The molecule has 7 atom stereocenters. The lowest BCUT2D eigenvalue weighted by Crippen LogP contribution is -2.57. The Morgan fingerprint density at radius 3 is 2.79 bits per heavy atom. The molecule has 28 heavy (non-hydrogen) atoms. The number of hydrogen-bond donors (Lipinski definition) is 1. The summed E-state index contributed by atoms with van der Waals surface area (Å²) < 4.78 is 5.16. The minimum atomic E-state index is -0.351. The van der Waals surface area contributed by atoms with Crippen LogP contribution in [0.5, 0.6) is 0 Å². The summed E-state index contributed by atoms with van der Waals surface area (Å²) >= 11 is 0. The molecule has 0 saturated heterocycles. The van der Waals surface area contributed by atoms with E-state index in [1.807, 2.05) is 6.08 Å². The van der Waals surface area contributed by atoms with E-state index in [0.717, 1.165) is 32.1 Å². The van der Waals surface area contributed by atoms with Gasteiger partial charge in [-0.1, -0.05) is 31.9 Å². The van der Waals surface area contributed by atoms with Crippen LogP contribution in [-0.2, 0) is 14.3 Å². The van der Waals surface area contributed by atoms with Gasteiger partial charge in [0.05, 0.1) is 6.10 Å². The molecule has 0 amide bonds. The van der Waals surface area contributed by atoms with E-state index in [1.54, 1.807) is 0 Å². The first kappa shape index (κ1) is 19.9. The van der Waals surface area contributed by atoms with E-state index in [-0.39, 0.29) is 34.6 Å². The van der Waals surface area contributed by atoms with E-state index in [1.165, 1.54) is 18.1 Å². The summed E-state index contributed by atoms with van der Waals surface area (Å²) in [7, 11) is 0. The maximum Gasteiger partial charge on any atom is 0.302 e. The summed E-state index contributed by atoms with van der Waals surface area (Å²) in [5.74, 6) is 1.69. The standard InChI is InChI=1S/C24H34O4/c1-14-11-18-19-6-5-16(8-10-28-15(2)25)24(19,4)13-21(27)22(18)23(3)9-7-17(26)12-20(14)23/h8,12,14,18-19,21-22,27H,5-7,9-11,13H2,1-4H3/b16-8+/t14-,18-,19-,21-,22+,23-,24+/m0/s1. The lowest BCUT2D eigenvalue weighted by atomic mass is 9.45. The average Bonchev–Trinajstić information content (AvgIpc) is 2.92. The molecular weight excluding hydrogens is 352 g/mol. The predicted octanol–water partition coefficient (Wildman–Crippen LogP) is 4.22. The van der Waals surface area contributed by atoms with Gasteiger partial charge in [0.1, 0.15) is 6.61 Å². The average molecular weight is 387 g/mol. The molecule has 0 aromatic rings. The van der Waals surface area contributed by atoms with Crippen molar-refractivity contribution >= 4 is 11.8 Å². The first-order valence-corrected chi connectivity index (χ1v) is 10.9. The molecule has 4 aliphatic rings. The molecule has 1 N–H and O–H groups in total. The van der Waals surface area contributed by atoms with Crippen LogP contribution in [0.25, 0.3) is 0 Å². The van der Waals surface area contributed by atoms with E-state index < -0.39 is 0 Å². The molecule has 4 aliphatic carbocycles. The fourth-order valence-electron chi connectivity index (χ4n) is 7.56. The molecule has 3 fully saturated rings. The second-order valence-corrected chi connectivity index (χ2v) is 10.2. The highest BCUT2D eigenvalue weighted by Gasteiger charge is 2.61. The third-order valence-electron chi connectivity index (χ3n) is 8.68. The minimum Gasteiger partial charge on any atom is -0.462 e. The molecule has 3 saturated carbocycles. The van der Waals surface area contributed by atoms with E-state index >= 15 is 0 Å². The first-order valence-electron chi connectivity index (χ1n) is 10.9. The molecule has 4 nitrogen and oxygen atoms in total. The highest BCUT2D eigenvalue weighted by Crippen LogP contribution is 2.67. The first-order chi connectivity index (χ1) is 13.2. The van der Waals surface area contributed by atoms with Crippen molar-refractivity contribution in [3.8, 4) is 0 Å². The van der Waals surface area contributed by atoms with Gasteiger partial charge >= 0.3 is 5.97 Å². The molecule has 0 bridgehead atoms. The highest BCUT2D eigenvalue weighted by atomic mass is 16.5. The molecule has 0 spiro atoms. The molecule has 0 aromatic carbocycles. The van der Waals surface area contributed by atoms with Crippen LogP contribution >= 0.6 is 0 Å². The van der Waals surface area contributed by atoms with Crippen LogP contribution in [0.3, 0.4) is 0 Å². The maximum absolute atomic E-state index is 12.1. The Morgan fingerprint density at radius 1 is 1.32 bits per heavy atom. The number of rotatable bonds is 2. The Morgan fingerprint density at radius 2 is 2.07 bits per heavy atom. The smallest absolute Gasteiger partial charge is 0.302 e. The van der Waals surface area contributed by atoms with Gasteiger partial charge in [0.25, 0.3) is 0 Å². The second-order valence-electron chi connectivity index (χ2n) is 10.2. The highest BCUT2D eigenvalue weighted by molar-refractivity contribution is 5.91. The van der Waals surface area contributed by atoms with E-state index in [0.29, 0.717) is 30.8 Å². The number of esters is 1. The molecule has 0 aromatic heterocycles. The van der Waals surface area contributed by atoms with Crippen molar-refractivity contribution in [2.24, 2.45) is 34.5 Å². The predicted molar refractivity (Wildman–Crippen MR) is 107 cm³/mol. The summed E-state index contributed by atoms with van der Waals surface area (Å²) in [6.07, 6.45) is 9.15. The summed E-state index contributed by atoms with van der Waals surface area (Å²) in [4.78, 5) is 23.2. The number of aliphatic hydroxyl groups is 1. The summed E-state index contributed by atoms with van der Waals surface area (Å²) in [6.45, 7) is 8.66. The number of aliphatic hydroxyl groups excluding tert-OH is 1. The molecule has 0 unspecified atom stereocenters. The van der Waals surface area contributed by atoms with Crippen molar-refractivity contribution < 1.29 is 19.4 Å². The van der Waals surface area contributed by atoms with E-state index in [2.05, 4.69) is 26.8 Å². The number of fused-ring (bicyclic) bond motifs is 5. The van der Waals surface area contributed by atoms with Gasteiger partial charge in [0, 0.05) is 13.3 Å². The number of carbonyl (C=O) groups is 2. The molecule has 4 heteroatoms. The molecule has 0 aliphatic heterocycles. The van der Waals surface area contributed by atoms with Crippen LogP contribution in [0.4, 0.5) is 0 Å². The van der Waals surface area contributed by atoms with Crippen LogP contribution in [0.1, 0.15) is 66.2 Å². The number of allylic oxidation sites excluding steroid dienone is 2. The molecule has 0 radical (unpaired) electrons. The van der Waals surface area contributed by atoms with Crippen molar-refractivity contribution in [3.05, 3.63) is 23.3 Å². The van der Waals surface area contributed by atoms with E-state index in [9.17, 15) is 14.7 Å². The van der Waals surface area contributed by atoms with Crippen molar-refractivity contribution in [2.75, 3.05) is 6.61 Å². The van der Waals surface area contributed by atoms with Crippen LogP contribution in [0, 0.1) is 34.5 Å². The minimum absolute atomic E-state index is 0.0114. The molecule has 0 heterocycles. The fraction of sp³-hybridized carbons (Fsp3) is 0.750. The lowest BCUT2D eigenvalue weighted by Gasteiger charge is -2.60. The van der Waals surface area contributed by atoms with Crippen LogP contribution in [-0.4, -0.2) is 29.6 Å². The van der Waals surface area contributed by atoms with Crippen molar-refractivity contribution in [2.45, 2.75) is 72.3 Å². The molecule has 154 valence electrons. The Bertz CT molecular complexity index is 750. The monoisotopic (exact) mass is 386 g/mol. The largest absolute Gasteiger partial charge is 0.462 e. The fourth-order valence-corrected chi connectivity index (χ4v) is 7.56. The van der Waals surface area contributed by atoms with Crippen LogP contribution in [0.15, 0.2) is 23.3 Å². The second kappa shape index (κ2) is 6.83. The van der Waals surface area contributed by atoms with Crippen molar-refractivity contribution in [1.82, 2.24) is 0 Å².